The highest BCUT2D eigenvalue weighted by Crippen LogP contribution is 2.33. The number of aryl methyl sites for hydroxylation is 1. The average Bonchev–Trinajstić information content (AvgIpc) is 2.61. The van der Waals surface area contributed by atoms with Crippen molar-refractivity contribution in [2.45, 2.75) is 38.6 Å². The summed E-state index contributed by atoms with van der Waals surface area (Å²) in [6.45, 7) is 3.61. The van der Waals surface area contributed by atoms with Crippen molar-refractivity contribution in [3.8, 4) is 0 Å². The molecule has 24 heavy (non-hydrogen) atoms. The number of fused-ring (bicyclic) bond motifs is 1. The van der Waals surface area contributed by atoms with E-state index in [1.165, 1.54) is 5.56 Å². The first kappa shape index (κ1) is 17.0. The zero-order valence-corrected chi connectivity index (χ0v) is 14.1. The molecule has 1 aromatic carbocycles. The van der Waals surface area contributed by atoms with Crippen molar-refractivity contribution in [3.05, 3.63) is 35.4 Å². The molecule has 5 nitrogen and oxygen atoms in total. The number of amides is 1. The Morgan fingerprint density at radius 2 is 2.04 bits per heavy atom. The standard InChI is InChI=1S/C19H25NO4/c1-2-3-13-4-6-14(7-5-13)18(21)20-11-15(19(22)23)10-16-12-24-9-8-17(16)20/h4-7,15-17H,2-3,8-12H2,1H3,(H,22,23)/t15-,16-,17-/m1/s1. The predicted molar refractivity (Wildman–Crippen MR) is 89.9 cm³/mol. The van der Waals surface area contributed by atoms with Gasteiger partial charge in [-0.25, -0.2) is 0 Å². The molecule has 3 atom stereocenters. The van der Waals surface area contributed by atoms with E-state index in [0.29, 0.717) is 31.7 Å². The minimum atomic E-state index is -0.824. The van der Waals surface area contributed by atoms with Crippen LogP contribution < -0.4 is 0 Å². The molecule has 0 radical (unpaired) electrons. The molecule has 1 aromatic rings. The molecule has 2 heterocycles. The highest BCUT2D eigenvalue weighted by molar-refractivity contribution is 5.95. The maximum atomic E-state index is 13.0. The van der Waals surface area contributed by atoms with Gasteiger partial charge in [0.25, 0.3) is 5.91 Å². The summed E-state index contributed by atoms with van der Waals surface area (Å²) >= 11 is 0. The summed E-state index contributed by atoms with van der Waals surface area (Å²) in [5, 5.41) is 9.42. The fraction of sp³-hybridized carbons (Fsp3) is 0.579. The molecule has 0 spiro atoms. The molecular formula is C19H25NO4. The highest BCUT2D eigenvalue weighted by Gasteiger charge is 2.42. The Hall–Kier alpha value is -1.88. The smallest absolute Gasteiger partial charge is 0.308 e. The zero-order chi connectivity index (χ0) is 17.1. The fourth-order valence-electron chi connectivity index (χ4n) is 3.91. The Bertz CT molecular complexity index is 598. The van der Waals surface area contributed by atoms with Gasteiger partial charge in [0, 0.05) is 30.7 Å². The van der Waals surface area contributed by atoms with Crippen LogP contribution in [0.1, 0.15) is 42.1 Å². The van der Waals surface area contributed by atoms with Crippen LogP contribution in [0.2, 0.25) is 0 Å². The Kier molecular flexibility index (Phi) is 5.19. The summed E-state index contributed by atoms with van der Waals surface area (Å²) in [4.78, 5) is 26.2. The van der Waals surface area contributed by atoms with Crippen molar-refractivity contribution in [2.75, 3.05) is 19.8 Å². The number of hydrogen-bond donors (Lipinski definition) is 1. The van der Waals surface area contributed by atoms with Crippen LogP contribution in [0.25, 0.3) is 0 Å². The van der Waals surface area contributed by atoms with Crippen LogP contribution in [-0.2, 0) is 16.0 Å². The van der Waals surface area contributed by atoms with E-state index in [1.54, 1.807) is 4.90 Å². The van der Waals surface area contributed by atoms with Crippen LogP contribution in [0.4, 0.5) is 0 Å². The van der Waals surface area contributed by atoms with Crippen LogP contribution in [0, 0.1) is 11.8 Å². The lowest BCUT2D eigenvalue weighted by molar-refractivity contribution is -0.146. The molecule has 2 saturated heterocycles. The van der Waals surface area contributed by atoms with Crippen molar-refractivity contribution >= 4 is 11.9 Å². The second-order valence-electron chi connectivity index (χ2n) is 6.87. The lowest BCUT2D eigenvalue weighted by Gasteiger charge is -2.45. The molecule has 0 aliphatic carbocycles. The summed E-state index contributed by atoms with van der Waals surface area (Å²) in [6.07, 6.45) is 3.46. The molecule has 1 N–H and O–H groups in total. The molecule has 0 aromatic heterocycles. The van der Waals surface area contributed by atoms with Crippen LogP contribution in [0.15, 0.2) is 24.3 Å². The summed E-state index contributed by atoms with van der Waals surface area (Å²) in [6, 6.07) is 7.82. The second-order valence-corrected chi connectivity index (χ2v) is 6.87. The Morgan fingerprint density at radius 3 is 2.71 bits per heavy atom. The largest absolute Gasteiger partial charge is 0.481 e. The lowest BCUT2D eigenvalue weighted by atomic mass is 9.80. The molecule has 2 fully saturated rings. The van der Waals surface area contributed by atoms with E-state index in [4.69, 9.17) is 4.74 Å². The normalized spacial score (nSPS) is 26.7. The van der Waals surface area contributed by atoms with Gasteiger partial charge in [-0.2, -0.15) is 0 Å². The Labute approximate surface area is 142 Å². The number of piperidine rings is 1. The molecule has 130 valence electrons. The minimum Gasteiger partial charge on any atom is -0.481 e. The van der Waals surface area contributed by atoms with Gasteiger partial charge in [0.2, 0.25) is 0 Å². The van der Waals surface area contributed by atoms with Gasteiger partial charge in [0.1, 0.15) is 0 Å². The van der Waals surface area contributed by atoms with Crippen molar-refractivity contribution in [3.63, 3.8) is 0 Å². The van der Waals surface area contributed by atoms with Crippen LogP contribution in [0.3, 0.4) is 0 Å². The van der Waals surface area contributed by atoms with Gasteiger partial charge in [0.15, 0.2) is 0 Å². The summed E-state index contributed by atoms with van der Waals surface area (Å²) in [7, 11) is 0. The number of aliphatic carboxylic acids is 1. The quantitative estimate of drug-likeness (QED) is 0.921. The van der Waals surface area contributed by atoms with Crippen LogP contribution in [-0.4, -0.2) is 47.7 Å². The number of rotatable bonds is 4. The molecule has 3 rings (SSSR count). The number of carbonyl (C=O) groups excluding carboxylic acids is 1. The van der Waals surface area contributed by atoms with E-state index in [-0.39, 0.29) is 17.9 Å². The van der Waals surface area contributed by atoms with Gasteiger partial charge < -0.3 is 14.7 Å². The van der Waals surface area contributed by atoms with Crippen molar-refractivity contribution < 1.29 is 19.4 Å². The van der Waals surface area contributed by atoms with E-state index in [1.807, 2.05) is 24.3 Å². The molecule has 0 saturated carbocycles. The summed E-state index contributed by atoms with van der Waals surface area (Å²) in [5.74, 6) is -1.26. The molecule has 2 aliphatic heterocycles. The van der Waals surface area contributed by atoms with E-state index < -0.39 is 11.9 Å². The van der Waals surface area contributed by atoms with Crippen molar-refractivity contribution in [1.82, 2.24) is 4.90 Å². The topological polar surface area (TPSA) is 66.8 Å². The average molecular weight is 331 g/mol. The van der Waals surface area contributed by atoms with Gasteiger partial charge in [-0.05, 0) is 37.0 Å². The summed E-state index contributed by atoms with van der Waals surface area (Å²) in [5.41, 5.74) is 1.87. The van der Waals surface area contributed by atoms with Crippen molar-refractivity contribution in [2.24, 2.45) is 11.8 Å². The number of carboxylic acids is 1. The first-order valence-electron chi connectivity index (χ1n) is 8.80. The third kappa shape index (κ3) is 3.46. The van der Waals surface area contributed by atoms with Gasteiger partial charge in [0.05, 0.1) is 12.5 Å². The predicted octanol–water partition coefficient (Wildman–Crippen LogP) is 2.59. The number of nitrogens with zero attached hydrogens (tertiary/aromatic N) is 1. The number of carboxylic acid groups (broad SMARTS) is 1. The molecular weight excluding hydrogens is 306 g/mol. The SMILES string of the molecule is CCCc1ccc(C(=O)N2C[C@H](C(=O)O)C[C@@H]3COCC[C@H]32)cc1. The number of hydrogen-bond acceptors (Lipinski definition) is 3. The number of ether oxygens (including phenoxy) is 1. The molecule has 0 unspecified atom stereocenters. The first-order chi connectivity index (χ1) is 11.6. The molecule has 1 amide bonds. The zero-order valence-electron chi connectivity index (χ0n) is 14.1. The second kappa shape index (κ2) is 7.34. The fourth-order valence-corrected chi connectivity index (χ4v) is 3.91. The monoisotopic (exact) mass is 331 g/mol. The highest BCUT2D eigenvalue weighted by atomic mass is 16.5. The molecule has 0 bridgehead atoms. The first-order valence-corrected chi connectivity index (χ1v) is 8.80. The van der Waals surface area contributed by atoms with E-state index >= 15 is 0 Å². The maximum Gasteiger partial charge on any atom is 0.308 e. The lowest BCUT2D eigenvalue weighted by Crippen LogP contribution is -2.56. The van der Waals surface area contributed by atoms with E-state index in [2.05, 4.69) is 6.92 Å². The maximum absolute atomic E-state index is 13.0. The van der Waals surface area contributed by atoms with Gasteiger partial charge >= 0.3 is 5.97 Å². The minimum absolute atomic E-state index is 0.0547. The third-order valence-corrected chi connectivity index (χ3v) is 5.19. The molecule has 2 aliphatic rings. The number of likely N-dealkylation sites (tertiary alicyclic amines) is 1. The van der Waals surface area contributed by atoms with Crippen LogP contribution >= 0.6 is 0 Å². The van der Waals surface area contributed by atoms with Gasteiger partial charge in [-0.15, -0.1) is 0 Å². The summed E-state index contributed by atoms with van der Waals surface area (Å²) < 4.78 is 5.51. The van der Waals surface area contributed by atoms with Crippen molar-refractivity contribution in [1.29, 1.82) is 0 Å². The molecule has 5 heteroatoms. The van der Waals surface area contributed by atoms with Gasteiger partial charge in [-0.1, -0.05) is 25.5 Å². The number of carbonyl (C=O) groups is 2. The van der Waals surface area contributed by atoms with Gasteiger partial charge in [-0.3, -0.25) is 9.59 Å². The Morgan fingerprint density at radius 1 is 1.29 bits per heavy atom. The number of benzene rings is 1. The van der Waals surface area contributed by atoms with E-state index in [0.717, 1.165) is 19.3 Å². The van der Waals surface area contributed by atoms with E-state index in [9.17, 15) is 14.7 Å². The Balaban J connectivity index is 1.80. The third-order valence-electron chi connectivity index (χ3n) is 5.19. The van der Waals surface area contributed by atoms with Crippen LogP contribution in [0.5, 0.6) is 0 Å².